The summed E-state index contributed by atoms with van der Waals surface area (Å²) < 4.78 is 0. The predicted octanol–water partition coefficient (Wildman–Crippen LogP) is -1.03. The summed E-state index contributed by atoms with van der Waals surface area (Å²) in [5.74, 6) is 0. The summed E-state index contributed by atoms with van der Waals surface area (Å²) in [5.41, 5.74) is 0. The second kappa shape index (κ2) is 17.3. The smallest absolute Gasteiger partial charge is 0 e. The van der Waals surface area contributed by atoms with Crippen LogP contribution in [-0.2, 0) is 36.5 Å². The van der Waals surface area contributed by atoms with Gasteiger partial charge in [0.2, 0.25) is 0 Å². The summed E-state index contributed by atoms with van der Waals surface area (Å²) >= 11 is 0. The molecule has 0 aliphatic carbocycles. The quantitative estimate of drug-likeness (QED) is 0.418. The Morgan fingerprint density at radius 1 is 1.00 bits per heavy atom. The Kier molecular flexibility index (Phi) is 130. The molecule has 18 valence electrons. The van der Waals surface area contributed by atoms with E-state index in [0.717, 1.165) is 0 Å². The van der Waals surface area contributed by atoms with Crippen LogP contribution in [0.5, 0.6) is 0 Å². The average Bonchev–Trinajstić information content (AvgIpc) is 0. The van der Waals surface area contributed by atoms with Gasteiger partial charge in [-0.2, -0.15) is 0 Å². The Bertz CT molecular complexity index is 8.00. The molecule has 4 heteroatoms. The molecule has 0 saturated heterocycles. The van der Waals surface area contributed by atoms with Crippen LogP contribution in [0, 0.1) is 0 Å². The zero-order chi connectivity index (χ0) is 0. The summed E-state index contributed by atoms with van der Waals surface area (Å²) in [6.07, 6.45) is 0. The van der Waals surface area contributed by atoms with Gasteiger partial charge in [-0.3, -0.25) is 0 Å². The minimum Gasteiger partial charge on any atom is 0 e. The fourth-order valence-corrected chi connectivity index (χ4v) is 0. The molecule has 0 aliphatic heterocycles. The van der Waals surface area contributed by atoms with Gasteiger partial charge in [0, 0.05) is 53.9 Å². The van der Waals surface area contributed by atoms with E-state index in [4.69, 9.17) is 0 Å². The van der Waals surface area contributed by atoms with Crippen LogP contribution in [0.3, 0.4) is 0 Å². The van der Waals surface area contributed by atoms with E-state index in [1.165, 1.54) is 0 Å². The van der Waals surface area contributed by atoms with Crippen molar-refractivity contribution in [2.45, 2.75) is 0 Å². The molecule has 0 nitrogen and oxygen atoms in total. The Morgan fingerprint density at radius 3 is 1.00 bits per heavy atom. The first-order valence-corrected chi connectivity index (χ1v) is 0. The van der Waals surface area contributed by atoms with E-state index in [2.05, 4.69) is 0 Å². The normalized spacial score (nSPS) is 0. The maximum Gasteiger partial charge on any atom is 0 e. The van der Waals surface area contributed by atoms with Gasteiger partial charge in [0.25, 0.3) is 0 Å². The zero-order valence-corrected chi connectivity index (χ0v) is 6.65. The van der Waals surface area contributed by atoms with Crippen molar-refractivity contribution in [1.82, 2.24) is 0 Å². The maximum absolute atomic E-state index is 0. The first-order valence-electron chi connectivity index (χ1n) is 0. The Balaban J connectivity index is 0. The van der Waals surface area contributed by atoms with E-state index in [1.807, 2.05) is 0 Å². The standard InChI is InChI=1S/Al.Cu.Na.Zn.H. The van der Waals surface area contributed by atoms with E-state index in [9.17, 15) is 0 Å². The van der Waals surface area contributed by atoms with Crippen molar-refractivity contribution >= 4 is 46.9 Å². The molecule has 4 heavy (non-hydrogen) atoms. The molecule has 0 aromatic rings. The Labute approximate surface area is 82.1 Å². The molecule has 0 spiro atoms. The fraction of sp³-hybridized carbons (Fsp3) is 0. The van der Waals surface area contributed by atoms with Crippen LogP contribution in [0.2, 0.25) is 0 Å². The van der Waals surface area contributed by atoms with Gasteiger partial charge in [-0.05, 0) is 0 Å². The second-order valence-electron chi connectivity index (χ2n) is 0. The Morgan fingerprint density at radius 2 is 1.00 bits per heavy atom. The first-order chi connectivity index (χ1) is 0. The SMILES string of the molecule is [Al].[Cu].[NaH].[Zn]. The molecule has 0 atom stereocenters. The summed E-state index contributed by atoms with van der Waals surface area (Å²) in [5, 5.41) is 0. The zero-order valence-electron chi connectivity index (χ0n) is 1.59. The van der Waals surface area contributed by atoms with Gasteiger partial charge in [-0.15, -0.1) is 0 Å². The molecule has 0 unspecified atom stereocenters. The maximum atomic E-state index is 0. The van der Waals surface area contributed by atoms with Crippen molar-refractivity contribution in [3.05, 3.63) is 0 Å². The number of rotatable bonds is 0. The molecule has 0 fully saturated rings. The van der Waals surface area contributed by atoms with Crippen molar-refractivity contribution in [3.8, 4) is 0 Å². The van der Waals surface area contributed by atoms with Gasteiger partial charge in [0.05, 0.1) is 0 Å². The van der Waals surface area contributed by atoms with Crippen molar-refractivity contribution in [2.24, 2.45) is 0 Å². The average molecular weight is 180 g/mol. The van der Waals surface area contributed by atoms with Gasteiger partial charge >= 0.3 is 29.6 Å². The third-order valence-corrected chi connectivity index (χ3v) is 0. The molecular weight excluding hydrogens is 179 g/mol. The largest absolute Gasteiger partial charge is 0 e. The van der Waals surface area contributed by atoms with Crippen LogP contribution in [-0.4, -0.2) is 46.9 Å². The van der Waals surface area contributed by atoms with E-state index >= 15 is 0 Å². The third kappa shape index (κ3) is 8.82. The molecule has 0 amide bonds. The molecule has 4 radical (unpaired) electrons. The van der Waals surface area contributed by atoms with E-state index < -0.39 is 0 Å². The topological polar surface area (TPSA) is 0 Å². The molecule has 0 rings (SSSR count). The predicted molar refractivity (Wildman–Crippen MR) is 12.9 cm³/mol. The first kappa shape index (κ1) is 30.0. The van der Waals surface area contributed by atoms with Crippen LogP contribution >= 0.6 is 0 Å². The summed E-state index contributed by atoms with van der Waals surface area (Å²) in [6.45, 7) is 0. The molecular formula is HAlCuNaZn. The Hall–Kier alpha value is 2.68. The molecule has 0 heterocycles. The van der Waals surface area contributed by atoms with E-state index in [1.54, 1.807) is 0 Å². The van der Waals surface area contributed by atoms with Crippen LogP contribution in [0.1, 0.15) is 0 Å². The van der Waals surface area contributed by atoms with E-state index in [-0.39, 0.29) is 83.5 Å². The molecule has 0 aromatic heterocycles. The minimum absolute atomic E-state index is 0. The minimum atomic E-state index is 0. The van der Waals surface area contributed by atoms with Crippen LogP contribution in [0.15, 0.2) is 0 Å². The second-order valence-corrected chi connectivity index (χ2v) is 0. The summed E-state index contributed by atoms with van der Waals surface area (Å²) in [7, 11) is 0. The van der Waals surface area contributed by atoms with Crippen LogP contribution in [0.4, 0.5) is 0 Å². The van der Waals surface area contributed by atoms with Gasteiger partial charge in [-0.25, -0.2) is 0 Å². The van der Waals surface area contributed by atoms with Crippen molar-refractivity contribution in [3.63, 3.8) is 0 Å². The third-order valence-electron chi connectivity index (χ3n) is 0. The van der Waals surface area contributed by atoms with Crippen LogP contribution < -0.4 is 0 Å². The number of hydrogen-bond acceptors (Lipinski definition) is 0. The van der Waals surface area contributed by atoms with E-state index in [0.29, 0.717) is 0 Å². The van der Waals surface area contributed by atoms with Gasteiger partial charge < -0.3 is 0 Å². The fourth-order valence-electron chi connectivity index (χ4n) is 0. The molecule has 0 saturated carbocycles. The van der Waals surface area contributed by atoms with Gasteiger partial charge in [0.15, 0.2) is 0 Å². The molecule has 0 aliphatic rings. The molecule has 0 N–H and O–H groups in total. The van der Waals surface area contributed by atoms with Gasteiger partial charge in [-0.1, -0.05) is 0 Å². The van der Waals surface area contributed by atoms with Crippen molar-refractivity contribution in [1.29, 1.82) is 0 Å². The monoisotopic (exact) mass is 178 g/mol. The summed E-state index contributed by atoms with van der Waals surface area (Å²) in [6, 6.07) is 0. The van der Waals surface area contributed by atoms with Crippen LogP contribution in [0.25, 0.3) is 0 Å². The summed E-state index contributed by atoms with van der Waals surface area (Å²) in [4.78, 5) is 0. The molecule has 0 aromatic carbocycles. The van der Waals surface area contributed by atoms with Gasteiger partial charge in [0.1, 0.15) is 0 Å². The van der Waals surface area contributed by atoms with Crippen molar-refractivity contribution < 1.29 is 36.5 Å². The molecule has 0 bridgehead atoms. The number of hydrogen-bond donors (Lipinski definition) is 0. The van der Waals surface area contributed by atoms with Crippen molar-refractivity contribution in [2.75, 3.05) is 0 Å².